The first kappa shape index (κ1) is 12.6. The Balaban J connectivity index is 2.41. The quantitative estimate of drug-likeness (QED) is 0.832. The monoisotopic (exact) mass is 274 g/mol. The van der Waals surface area contributed by atoms with Crippen molar-refractivity contribution in [1.29, 1.82) is 0 Å². The molecule has 0 atom stereocenters. The Bertz CT molecular complexity index is 528. The lowest BCUT2D eigenvalue weighted by Gasteiger charge is -2.18. The van der Waals surface area contributed by atoms with Crippen LogP contribution < -0.4 is 4.31 Å². The Kier molecular flexibility index (Phi) is 3.32. The molecule has 0 N–H and O–H groups in total. The highest BCUT2D eigenvalue weighted by molar-refractivity contribution is 7.93. The minimum absolute atomic E-state index is 0.178. The van der Waals surface area contributed by atoms with Gasteiger partial charge in [-0.25, -0.2) is 13.4 Å². The van der Waals surface area contributed by atoms with E-state index in [9.17, 15) is 8.42 Å². The van der Waals surface area contributed by atoms with Gasteiger partial charge in [-0.1, -0.05) is 25.4 Å². The van der Waals surface area contributed by atoms with Crippen molar-refractivity contribution in [2.45, 2.75) is 26.2 Å². The van der Waals surface area contributed by atoms with Gasteiger partial charge in [0.2, 0.25) is 10.0 Å². The molecule has 1 aliphatic rings. The summed E-state index contributed by atoms with van der Waals surface area (Å²) in [6.45, 7) is 4.55. The van der Waals surface area contributed by atoms with Crippen LogP contribution in [0.2, 0.25) is 5.02 Å². The Morgan fingerprint density at radius 3 is 2.65 bits per heavy atom. The summed E-state index contributed by atoms with van der Waals surface area (Å²) < 4.78 is 24.8. The lowest BCUT2D eigenvalue weighted by molar-refractivity contribution is 0.599. The second-order valence-electron chi connectivity index (χ2n) is 4.47. The molecule has 94 valence electrons. The molecule has 1 aromatic rings. The SMILES string of the molecule is CC(C)c1cnc(N2CCCS2(=O)=O)c(Cl)c1. The smallest absolute Gasteiger partial charge is 0.236 e. The number of rotatable bonds is 2. The summed E-state index contributed by atoms with van der Waals surface area (Å²) in [6, 6.07) is 1.79. The standard InChI is InChI=1S/C11H15ClN2O2S/c1-8(2)9-6-10(12)11(13-7-9)14-4-3-5-17(14,15)16/h6-8H,3-5H2,1-2H3. The fourth-order valence-electron chi connectivity index (χ4n) is 1.82. The number of aromatic nitrogens is 1. The molecule has 2 rings (SSSR count). The van der Waals surface area contributed by atoms with Crippen molar-refractivity contribution in [1.82, 2.24) is 4.98 Å². The second kappa shape index (κ2) is 4.46. The maximum Gasteiger partial charge on any atom is 0.236 e. The molecule has 0 spiro atoms. The number of hydrogen-bond donors (Lipinski definition) is 0. The van der Waals surface area contributed by atoms with Crippen LogP contribution in [-0.2, 0) is 10.0 Å². The fourth-order valence-corrected chi connectivity index (χ4v) is 3.68. The first-order valence-corrected chi connectivity index (χ1v) is 7.56. The van der Waals surface area contributed by atoms with E-state index in [1.54, 1.807) is 12.3 Å². The van der Waals surface area contributed by atoms with E-state index >= 15 is 0 Å². The molecule has 0 radical (unpaired) electrons. The highest BCUT2D eigenvalue weighted by Gasteiger charge is 2.30. The van der Waals surface area contributed by atoms with Gasteiger partial charge in [-0.2, -0.15) is 0 Å². The lowest BCUT2D eigenvalue weighted by Crippen LogP contribution is -2.26. The van der Waals surface area contributed by atoms with E-state index in [1.807, 2.05) is 13.8 Å². The summed E-state index contributed by atoms with van der Waals surface area (Å²) >= 11 is 6.11. The zero-order chi connectivity index (χ0) is 12.6. The van der Waals surface area contributed by atoms with Crippen molar-refractivity contribution in [3.63, 3.8) is 0 Å². The number of pyridine rings is 1. The zero-order valence-electron chi connectivity index (χ0n) is 9.85. The van der Waals surface area contributed by atoms with E-state index in [1.165, 1.54) is 4.31 Å². The van der Waals surface area contributed by atoms with E-state index in [2.05, 4.69) is 4.98 Å². The number of sulfonamides is 1. The van der Waals surface area contributed by atoms with Crippen LogP contribution in [0.25, 0.3) is 0 Å². The largest absolute Gasteiger partial charge is 0.252 e. The van der Waals surface area contributed by atoms with Gasteiger partial charge in [-0.05, 0) is 24.0 Å². The fraction of sp³-hybridized carbons (Fsp3) is 0.545. The van der Waals surface area contributed by atoms with Gasteiger partial charge in [-0.3, -0.25) is 4.31 Å². The van der Waals surface area contributed by atoms with Crippen molar-refractivity contribution in [3.05, 3.63) is 22.8 Å². The topological polar surface area (TPSA) is 50.3 Å². The Labute approximate surface area is 107 Å². The Hall–Kier alpha value is -0.810. The summed E-state index contributed by atoms with van der Waals surface area (Å²) in [7, 11) is -3.21. The molecule has 1 aliphatic heterocycles. The molecular weight excluding hydrogens is 260 g/mol. The summed E-state index contributed by atoms with van der Waals surface area (Å²) in [5.74, 6) is 0.856. The minimum Gasteiger partial charge on any atom is -0.252 e. The van der Waals surface area contributed by atoms with E-state index < -0.39 is 10.0 Å². The van der Waals surface area contributed by atoms with Gasteiger partial charge in [0, 0.05) is 12.7 Å². The molecule has 4 nitrogen and oxygen atoms in total. The van der Waals surface area contributed by atoms with Gasteiger partial charge in [0.15, 0.2) is 5.82 Å². The third-order valence-electron chi connectivity index (χ3n) is 2.85. The van der Waals surface area contributed by atoms with Crippen molar-refractivity contribution < 1.29 is 8.42 Å². The molecule has 6 heteroatoms. The first-order chi connectivity index (χ1) is 7.92. The highest BCUT2D eigenvalue weighted by Crippen LogP contribution is 2.30. The number of hydrogen-bond acceptors (Lipinski definition) is 3. The molecule has 0 aromatic carbocycles. The molecule has 0 amide bonds. The highest BCUT2D eigenvalue weighted by atomic mass is 35.5. The number of halogens is 1. The van der Waals surface area contributed by atoms with E-state index in [-0.39, 0.29) is 5.75 Å². The molecule has 0 saturated carbocycles. The first-order valence-electron chi connectivity index (χ1n) is 5.57. The summed E-state index contributed by atoms with van der Waals surface area (Å²) in [5.41, 5.74) is 1.01. The Morgan fingerprint density at radius 2 is 2.18 bits per heavy atom. The summed E-state index contributed by atoms with van der Waals surface area (Å²) in [4.78, 5) is 4.19. The van der Waals surface area contributed by atoms with Crippen LogP contribution in [0.3, 0.4) is 0 Å². The normalized spacial score (nSPS) is 18.9. The summed E-state index contributed by atoms with van der Waals surface area (Å²) in [6.07, 6.45) is 2.33. The maximum absolute atomic E-state index is 11.8. The van der Waals surface area contributed by atoms with Crippen LogP contribution in [0.4, 0.5) is 5.82 Å². The van der Waals surface area contributed by atoms with Gasteiger partial charge in [0.1, 0.15) is 0 Å². The van der Waals surface area contributed by atoms with Crippen LogP contribution >= 0.6 is 11.6 Å². The predicted molar refractivity (Wildman–Crippen MR) is 69.1 cm³/mol. The Morgan fingerprint density at radius 1 is 1.47 bits per heavy atom. The molecule has 1 saturated heterocycles. The van der Waals surface area contributed by atoms with Gasteiger partial charge in [-0.15, -0.1) is 0 Å². The number of nitrogens with zero attached hydrogens (tertiary/aromatic N) is 2. The number of anilines is 1. The molecule has 0 bridgehead atoms. The van der Waals surface area contributed by atoms with Crippen molar-refractivity contribution >= 4 is 27.4 Å². The molecular formula is C11H15ClN2O2S. The predicted octanol–water partition coefficient (Wildman–Crippen LogP) is 2.40. The van der Waals surface area contributed by atoms with Crippen LogP contribution in [0.15, 0.2) is 12.3 Å². The molecule has 0 aliphatic carbocycles. The van der Waals surface area contributed by atoms with Gasteiger partial charge in [0.25, 0.3) is 0 Å². The maximum atomic E-state index is 11.8. The van der Waals surface area contributed by atoms with Crippen LogP contribution in [-0.4, -0.2) is 25.7 Å². The van der Waals surface area contributed by atoms with Crippen molar-refractivity contribution in [3.8, 4) is 0 Å². The molecule has 17 heavy (non-hydrogen) atoms. The summed E-state index contributed by atoms with van der Waals surface area (Å²) in [5, 5.41) is 0.404. The lowest BCUT2D eigenvalue weighted by atomic mass is 10.1. The van der Waals surface area contributed by atoms with Crippen molar-refractivity contribution in [2.75, 3.05) is 16.6 Å². The van der Waals surface area contributed by atoms with E-state index in [0.29, 0.717) is 29.7 Å². The van der Waals surface area contributed by atoms with Crippen LogP contribution in [0.1, 0.15) is 31.7 Å². The van der Waals surface area contributed by atoms with E-state index in [4.69, 9.17) is 11.6 Å². The third-order valence-corrected chi connectivity index (χ3v) is 4.95. The molecule has 1 aromatic heterocycles. The molecule has 0 unspecified atom stereocenters. The third kappa shape index (κ3) is 2.40. The minimum atomic E-state index is -3.21. The van der Waals surface area contributed by atoms with Gasteiger partial charge in [0.05, 0.1) is 10.8 Å². The zero-order valence-corrected chi connectivity index (χ0v) is 11.4. The van der Waals surface area contributed by atoms with Crippen molar-refractivity contribution in [2.24, 2.45) is 0 Å². The van der Waals surface area contributed by atoms with Crippen LogP contribution in [0, 0.1) is 0 Å². The molecule has 2 heterocycles. The van der Waals surface area contributed by atoms with Gasteiger partial charge >= 0.3 is 0 Å². The van der Waals surface area contributed by atoms with E-state index in [0.717, 1.165) is 5.56 Å². The average Bonchev–Trinajstić information content (AvgIpc) is 2.58. The van der Waals surface area contributed by atoms with Gasteiger partial charge < -0.3 is 0 Å². The molecule has 1 fully saturated rings. The second-order valence-corrected chi connectivity index (χ2v) is 6.89. The average molecular weight is 275 g/mol. The van der Waals surface area contributed by atoms with Crippen LogP contribution in [0.5, 0.6) is 0 Å².